The SMILES string of the molecule is CC(=O)Oc1ccccc1C(=O)O.Cc1ccc(N2CCNCC2)c(S(=O)(=O)O)c1. The Kier molecular flexibility index (Phi) is 7.93. The Morgan fingerprint density at radius 1 is 1.10 bits per heavy atom. The number of carbonyl (C=O) groups is 2. The number of aryl methyl sites for hydroxylation is 1. The fraction of sp³-hybridized carbons (Fsp3) is 0.300. The van der Waals surface area contributed by atoms with E-state index in [9.17, 15) is 22.6 Å². The molecule has 0 aliphatic carbocycles. The van der Waals surface area contributed by atoms with Crippen LogP contribution in [0.1, 0.15) is 22.8 Å². The van der Waals surface area contributed by atoms with Crippen LogP contribution in [0, 0.1) is 6.92 Å². The summed E-state index contributed by atoms with van der Waals surface area (Å²) in [5, 5.41) is 11.9. The number of piperazine rings is 1. The van der Waals surface area contributed by atoms with Gasteiger partial charge in [-0.2, -0.15) is 8.42 Å². The number of hydrogen-bond donors (Lipinski definition) is 3. The van der Waals surface area contributed by atoms with Crippen molar-refractivity contribution in [2.45, 2.75) is 18.7 Å². The number of rotatable bonds is 4. The molecule has 2 aromatic carbocycles. The standard InChI is InChI=1S/C11H16N2O3S.C9H8O4/c1-9-2-3-10(11(8-9)17(14,15)16)13-6-4-12-5-7-13;1-6(10)13-8-5-3-2-4-7(8)9(11)12/h2-3,8,12H,4-7H2,1H3,(H,14,15,16);2-5H,1H3,(H,11,12). The van der Waals surface area contributed by atoms with E-state index in [1.165, 1.54) is 25.1 Å². The van der Waals surface area contributed by atoms with Crippen LogP contribution in [0.25, 0.3) is 0 Å². The van der Waals surface area contributed by atoms with Gasteiger partial charge in [-0.05, 0) is 36.8 Å². The number of nitrogens with zero attached hydrogens (tertiary/aromatic N) is 1. The van der Waals surface area contributed by atoms with E-state index in [0.717, 1.165) is 31.7 Å². The van der Waals surface area contributed by atoms with Gasteiger partial charge >= 0.3 is 11.9 Å². The van der Waals surface area contributed by atoms with E-state index in [-0.39, 0.29) is 16.2 Å². The fourth-order valence-electron chi connectivity index (χ4n) is 2.88. The number of carbonyl (C=O) groups excluding carboxylic acids is 1. The van der Waals surface area contributed by atoms with Gasteiger partial charge in [-0.15, -0.1) is 0 Å². The summed E-state index contributed by atoms with van der Waals surface area (Å²) < 4.78 is 36.7. The minimum absolute atomic E-state index is 0.000556. The van der Waals surface area contributed by atoms with Crippen molar-refractivity contribution in [3.63, 3.8) is 0 Å². The topological polar surface area (TPSA) is 133 Å². The summed E-state index contributed by atoms with van der Waals surface area (Å²) in [6.07, 6.45) is 0. The molecule has 0 atom stereocenters. The van der Waals surface area contributed by atoms with Crippen LogP contribution in [0.15, 0.2) is 47.4 Å². The summed E-state index contributed by atoms with van der Waals surface area (Å²) >= 11 is 0. The van der Waals surface area contributed by atoms with Gasteiger partial charge in [-0.3, -0.25) is 9.35 Å². The van der Waals surface area contributed by atoms with Crippen molar-refractivity contribution in [1.82, 2.24) is 5.32 Å². The second-order valence-electron chi connectivity index (χ2n) is 6.58. The molecule has 3 rings (SSSR count). The van der Waals surface area contributed by atoms with Gasteiger partial charge in [0.05, 0.1) is 5.69 Å². The smallest absolute Gasteiger partial charge is 0.339 e. The number of para-hydroxylation sites is 1. The summed E-state index contributed by atoms with van der Waals surface area (Å²) in [7, 11) is -4.17. The van der Waals surface area contributed by atoms with Gasteiger partial charge in [0.2, 0.25) is 0 Å². The van der Waals surface area contributed by atoms with Crippen LogP contribution < -0.4 is 15.0 Å². The molecule has 162 valence electrons. The van der Waals surface area contributed by atoms with E-state index < -0.39 is 22.1 Å². The molecular weight excluding hydrogens is 412 g/mol. The minimum atomic E-state index is -4.17. The predicted molar refractivity (Wildman–Crippen MR) is 111 cm³/mol. The average Bonchev–Trinajstić information content (AvgIpc) is 2.68. The Hall–Kier alpha value is -2.95. The third-order valence-electron chi connectivity index (χ3n) is 4.22. The number of benzene rings is 2. The number of carboxylic acid groups (broad SMARTS) is 1. The lowest BCUT2D eigenvalue weighted by Gasteiger charge is -2.30. The number of hydrogen-bond acceptors (Lipinski definition) is 7. The number of nitrogens with one attached hydrogen (secondary N) is 1. The first-order chi connectivity index (χ1) is 14.1. The summed E-state index contributed by atoms with van der Waals surface area (Å²) in [6, 6.07) is 11.1. The first-order valence-electron chi connectivity index (χ1n) is 9.14. The van der Waals surface area contributed by atoms with Crippen molar-refractivity contribution in [3.8, 4) is 5.75 Å². The van der Waals surface area contributed by atoms with E-state index in [1.54, 1.807) is 25.1 Å². The molecule has 1 aliphatic heterocycles. The largest absolute Gasteiger partial charge is 0.478 e. The maximum atomic E-state index is 11.4. The molecule has 3 N–H and O–H groups in total. The quantitative estimate of drug-likeness (QED) is 0.374. The number of carboxylic acids is 1. The van der Waals surface area contributed by atoms with Gasteiger partial charge in [-0.1, -0.05) is 18.2 Å². The first kappa shape index (κ1) is 23.3. The predicted octanol–water partition coefficient (Wildman–Crippen LogP) is 1.96. The maximum Gasteiger partial charge on any atom is 0.339 e. The Labute approximate surface area is 175 Å². The highest BCUT2D eigenvalue weighted by atomic mass is 32.2. The zero-order valence-corrected chi connectivity index (χ0v) is 17.5. The summed E-state index contributed by atoms with van der Waals surface area (Å²) in [4.78, 5) is 23.2. The Morgan fingerprint density at radius 2 is 1.73 bits per heavy atom. The zero-order valence-electron chi connectivity index (χ0n) is 16.7. The molecule has 1 aliphatic rings. The number of aromatic carboxylic acids is 1. The number of ether oxygens (including phenoxy) is 1. The molecule has 2 aromatic rings. The Morgan fingerprint density at radius 3 is 2.30 bits per heavy atom. The second-order valence-corrected chi connectivity index (χ2v) is 7.97. The van der Waals surface area contributed by atoms with Gasteiger partial charge in [0.25, 0.3) is 10.1 Å². The molecule has 0 aromatic heterocycles. The van der Waals surface area contributed by atoms with E-state index in [1.807, 2.05) is 11.0 Å². The second kappa shape index (κ2) is 10.2. The molecule has 9 nitrogen and oxygen atoms in total. The third-order valence-corrected chi connectivity index (χ3v) is 5.10. The highest BCUT2D eigenvalue weighted by Gasteiger charge is 2.21. The third kappa shape index (κ3) is 6.55. The molecule has 1 fully saturated rings. The summed E-state index contributed by atoms with van der Waals surface area (Å²) in [5.41, 5.74) is 1.38. The molecule has 1 heterocycles. The van der Waals surface area contributed by atoms with Crippen LogP contribution in [0.3, 0.4) is 0 Å². The van der Waals surface area contributed by atoms with Crippen LogP contribution in [-0.2, 0) is 14.9 Å². The highest BCUT2D eigenvalue weighted by molar-refractivity contribution is 7.86. The molecule has 0 amide bonds. The van der Waals surface area contributed by atoms with Crippen LogP contribution in [0.5, 0.6) is 5.75 Å². The van der Waals surface area contributed by atoms with Crippen molar-refractivity contribution in [2.75, 3.05) is 31.1 Å². The molecule has 0 spiro atoms. The monoisotopic (exact) mass is 436 g/mol. The molecular formula is C20H24N2O7S. The highest BCUT2D eigenvalue weighted by Crippen LogP contribution is 2.26. The number of esters is 1. The fourth-order valence-corrected chi connectivity index (χ4v) is 3.68. The Bertz CT molecular complexity index is 1020. The van der Waals surface area contributed by atoms with E-state index in [4.69, 9.17) is 5.11 Å². The minimum Gasteiger partial charge on any atom is -0.478 e. The lowest BCUT2D eigenvalue weighted by Crippen LogP contribution is -2.44. The Balaban J connectivity index is 0.000000222. The van der Waals surface area contributed by atoms with Gasteiger partial charge in [0, 0.05) is 33.1 Å². The van der Waals surface area contributed by atoms with Gasteiger partial charge in [0.1, 0.15) is 16.2 Å². The van der Waals surface area contributed by atoms with Crippen molar-refractivity contribution in [3.05, 3.63) is 53.6 Å². The van der Waals surface area contributed by atoms with Crippen molar-refractivity contribution in [2.24, 2.45) is 0 Å². The maximum absolute atomic E-state index is 11.4. The van der Waals surface area contributed by atoms with Crippen LogP contribution in [0.4, 0.5) is 5.69 Å². The van der Waals surface area contributed by atoms with Gasteiger partial charge < -0.3 is 20.1 Å². The molecule has 30 heavy (non-hydrogen) atoms. The molecule has 0 radical (unpaired) electrons. The molecule has 0 unspecified atom stereocenters. The van der Waals surface area contributed by atoms with Crippen molar-refractivity contribution < 1.29 is 32.4 Å². The first-order valence-corrected chi connectivity index (χ1v) is 10.6. The van der Waals surface area contributed by atoms with Crippen molar-refractivity contribution in [1.29, 1.82) is 0 Å². The molecule has 10 heteroatoms. The van der Waals surface area contributed by atoms with E-state index in [0.29, 0.717) is 5.69 Å². The van der Waals surface area contributed by atoms with Crippen LogP contribution >= 0.6 is 0 Å². The van der Waals surface area contributed by atoms with Crippen LogP contribution in [-0.4, -0.2) is 56.2 Å². The van der Waals surface area contributed by atoms with E-state index in [2.05, 4.69) is 10.1 Å². The molecule has 0 saturated carbocycles. The molecule has 1 saturated heterocycles. The van der Waals surface area contributed by atoms with Crippen LogP contribution in [0.2, 0.25) is 0 Å². The summed E-state index contributed by atoms with van der Waals surface area (Å²) in [6.45, 7) is 6.14. The van der Waals surface area contributed by atoms with Crippen molar-refractivity contribution >= 4 is 27.7 Å². The average molecular weight is 436 g/mol. The molecule has 0 bridgehead atoms. The summed E-state index contributed by atoms with van der Waals surface area (Å²) in [5.74, 6) is -1.58. The normalized spacial score (nSPS) is 13.8. The van der Waals surface area contributed by atoms with E-state index >= 15 is 0 Å². The number of anilines is 1. The van der Waals surface area contributed by atoms with Gasteiger partial charge in [0.15, 0.2) is 0 Å². The van der Waals surface area contributed by atoms with Gasteiger partial charge in [-0.25, -0.2) is 4.79 Å². The lowest BCUT2D eigenvalue weighted by molar-refractivity contribution is -0.131. The lowest BCUT2D eigenvalue weighted by atomic mass is 10.2. The zero-order chi connectivity index (χ0) is 22.3.